The van der Waals surface area contributed by atoms with E-state index in [0.29, 0.717) is 31.0 Å². The van der Waals surface area contributed by atoms with E-state index in [0.717, 1.165) is 0 Å². The van der Waals surface area contributed by atoms with Crippen LogP contribution in [0.5, 0.6) is 0 Å². The summed E-state index contributed by atoms with van der Waals surface area (Å²) in [4.78, 5) is 12.0. The highest BCUT2D eigenvalue weighted by Crippen LogP contribution is 2.22. The molecule has 2 unspecified atom stereocenters. The normalized spacial score (nSPS) is 21.0. The maximum atomic E-state index is 12.9. The van der Waals surface area contributed by atoms with Crippen molar-refractivity contribution in [2.75, 3.05) is 19.6 Å². The van der Waals surface area contributed by atoms with Gasteiger partial charge in [0.05, 0.1) is 6.10 Å². The number of amides is 1. The van der Waals surface area contributed by atoms with Crippen LogP contribution in [0.3, 0.4) is 0 Å². The molecule has 22 heavy (non-hydrogen) atoms. The molecule has 2 heterocycles. The molecule has 1 aliphatic rings. The molecule has 6 heteroatoms. The molecule has 5 nitrogen and oxygen atoms in total. The van der Waals surface area contributed by atoms with E-state index in [4.69, 9.17) is 4.42 Å². The smallest absolute Gasteiger partial charge is 0.287 e. The lowest BCUT2D eigenvalue weighted by Gasteiger charge is -2.13. The van der Waals surface area contributed by atoms with Crippen LogP contribution in [0.15, 0.2) is 40.8 Å². The molecule has 0 bridgehead atoms. The highest BCUT2D eigenvalue weighted by atomic mass is 19.1. The number of hydrogen-bond acceptors (Lipinski definition) is 4. The first kappa shape index (κ1) is 14.7. The lowest BCUT2D eigenvalue weighted by atomic mass is 10.1. The third-order valence-electron chi connectivity index (χ3n) is 3.79. The Bertz CT molecular complexity index is 654. The summed E-state index contributed by atoms with van der Waals surface area (Å²) < 4.78 is 18.4. The highest BCUT2D eigenvalue weighted by Gasteiger charge is 2.25. The fourth-order valence-electron chi connectivity index (χ4n) is 2.47. The zero-order valence-electron chi connectivity index (χ0n) is 11.9. The lowest BCUT2D eigenvalue weighted by Crippen LogP contribution is -2.34. The van der Waals surface area contributed by atoms with Crippen molar-refractivity contribution in [3.05, 3.63) is 48.0 Å². The molecule has 2 atom stereocenters. The van der Waals surface area contributed by atoms with Crippen LogP contribution in [0.25, 0.3) is 11.3 Å². The van der Waals surface area contributed by atoms with Gasteiger partial charge in [-0.2, -0.15) is 0 Å². The van der Waals surface area contributed by atoms with E-state index >= 15 is 0 Å². The Labute approximate surface area is 127 Å². The van der Waals surface area contributed by atoms with Gasteiger partial charge in [0, 0.05) is 31.1 Å². The summed E-state index contributed by atoms with van der Waals surface area (Å²) in [5.74, 6) is 0.0624. The first-order chi connectivity index (χ1) is 10.6. The van der Waals surface area contributed by atoms with Crippen molar-refractivity contribution in [1.29, 1.82) is 0 Å². The number of aliphatic hydroxyl groups is 1. The summed E-state index contributed by atoms with van der Waals surface area (Å²) >= 11 is 0. The van der Waals surface area contributed by atoms with E-state index in [9.17, 15) is 14.3 Å². The Morgan fingerprint density at radius 3 is 2.73 bits per heavy atom. The monoisotopic (exact) mass is 304 g/mol. The number of β-amino-alcohol motifs (C(OH)–C–C–N with tert-alkyl or cyclic N) is 1. The molecule has 0 spiro atoms. The maximum absolute atomic E-state index is 12.9. The minimum atomic E-state index is -0.438. The van der Waals surface area contributed by atoms with Crippen molar-refractivity contribution < 1.29 is 18.7 Å². The lowest BCUT2D eigenvalue weighted by molar-refractivity contribution is 0.0900. The van der Waals surface area contributed by atoms with Crippen molar-refractivity contribution in [3.63, 3.8) is 0 Å². The van der Waals surface area contributed by atoms with Gasteiger partial charge >= 0.3 is 0 Å². The third kappa shape index (κ3) is 3.18. The minimum Gasteiger partial charge on any atom is -0.451 e. The molecular formula is C16H17FN2O3. The van der Waals surface area contributed by atoms with E-state index in [1.54, 1.807) is 24.3 Å². The molecule has 1 saturated heterocycles. The standard InChI is InChI=1S/C16H17FN2O3/c17-12-3-1-10(2-4-12)14-5-6-15(22-14)16(21)19-8-11-7-18-9-13(11)20/h1-6,11,13,18,20H,7-9H2,(H,19,21). The van der Waals surface area contributed by atoms with Crippen LogP contribution in [0, 0.1) is 11.7 Å². The summed E-state index contributed by atoms with van der Waals surface area (Å²) in [6.45, 7) is 1.62. The Balaban J connectivity index is 1.63. The third-order valence-corrected chi connectivity index (χ3v) is 3.79. The zero-order valence-corrected chi connectivity index (χ0v) is 11.9. The Morgan fingerprint density at radius 2 is 2.05 bits per heavy atom. The van der Waals surface area contributed by atoms with Crippen molar-refractivity contribution in [3.8, 4) is 11.3 Å². The van der Waals surface area contributed by atoms with Crippen LogP contribution in [0.2, 0.25) is 0 Å². The summed E-state index contributed by atoms with van der Waals surface area (Å²) in [7, 11) is 0. The van der Waals surface area contributed by atoms with Crippen molar-refractivity contribution in [2.24, 2.45) is 5.92 Å². The fraction of sp³-hybridized carbons (Fsp3) is 0.312. The van der Waals surface area contributed by atoms with Crippen molar-refractivity contribution in [2.45, 2.75) is 6.10 Å². The van der Waals surface area contributed by atoms with Gasteiger partial charge in [-0.05, 0) is 36.4 Å². The van der Waals surface area contributed by atoms with Crippen molar-refractivity contribution in [1.82, 2.24) is 10.6 Å². The second kappa shape index (κ2) is 6.29. The van der Waals surface area contributed by atoms with Crippen molar-refractivity contribution >= 4 is 5.91 Å². The predicted octanol–water partition coefficient (Wildman–Crippen LogP) is 1.40. The van der Waals surface area contributed by atoms with Gasteiger partial charge in [-0.1, -0.05) is 0 Å². The second-order valence-corrected chi connectivity index (χ2v) is 5.37. The van der Waals surface area contributed by atoms with Crippen LogP contribution < -0.4 is 10.6 Å². The number of aliphatic hydroxyl groups excluding tert-OH is 1. The van der Waals surface area contributed by atoms with Gasteiger partial charge in [0.2, 0.25) is 0 Å². The fourth-order valence-corrected chi connectivity index (χ4v) is 2.47. The summed E-state index contributed by atoms with van der Waals surface area (Å²) in [6, 6.07) is 9.12. The summed E-state index contributed by atoms with van der Waals surface area (Å²) in [5.41, 5.74) is 0.705. The summed E-state index contributed by atoms with van der Waals surface area (Å²) in [6.07, 6.45) is -0.438. The average molecular weight is 304 g/mol. The van der Waals surface area contributed by atoms with E-state index in [1.165, 1.54) is 12.1 Å². The number of rotatable bonds is 4. The van der Waals surface area contributed by atoms with E-state index in [1.807, 2.05) is 0 Å². The van der Waals surface area contributed by atoms with Crippen LogP contribution >= 0.6 is 0 Å². The number of benzene rings is 1. The van der Waals surface area contributed by atoms with E-state index in [-0.39, 0.29) is 23.4 Å². The molecule has 1 aliphatic heterocycles. The largest absolute Gasteiger partial charge is 0.451 e. The first-order valence-corrected chi connectivity index (χ1v) is 7.16. The van der Waals surface area contributed by atoms with Crippen LogP contribution in [-0.4, -0.2) is 36.8 Å². The molecule has 0 saturated carbocycles. The number of carbonyl (C=O) groups is 1. The van der Waals surface area contributed by atoms with Crippen LogP contribution in [-0.2, 0) is 0 Å². The molecule has 3 N–H and O–H groups in total. The molecule has 116 valence electrons. The Kier molecular flexibility index (Phi) is 4.22. The van der Waals surface area contributed by atoms with Gasteiger partial charge < -0.3 is 20.2 Å². The number of carbonyl (C=O) groups excluding carboxylic acids is 1. The molecule has 1 aromatic heterocycles. The van der Waals surface area contributed by atoms with Crippen LogP contribution in [0.4, 0.5) is 4.39 Å². The number of halogens is 1. The number of nitrogens with one attached hydrogen (secondary N) is 2. The minimum absolute atomic E-state index is 0.00970. The average Bonchev–Trinajstić information content (AvgIpc) is 3.15. The van der Waals surface area contributed by atoms with Gasteiger partial charge in [0.1, 0.15) is 11.6 Å². The predicted molar refractivity (Wildman–Crippen MR) is 78.8 cm³/mol. The molecule has 2 aromatic rings. The summed E-state index contributed by atoms with van der Waals surface area (Å²) in [5, 5.41) is 15.5. The van der Waals surface area contributed by atoms with Gasteiger partial charge in [0.15, 0.2) is 5.76 Å². The number of furan rings is 1. The zero-order chi connectivity index (χ0) is 15.5. The molecule has 0 aliphatic carbocycles. The molecular weight excluding hydrogens is 287 g/mol. The Hall–Kier alpha value is -2.18. The molecule has 3 rings (SSSR count). The van der Waals surface area contributed by atoms with Gasteiger partial charge in [-0.3, -0.25) is 4.79 Å². The quantitative estimate of drug-likeness (QED) is 0.798. The second-order valence-electron chi connectivity index (χ2n) is 5.37. The highest BCUT2D eigenvalue weighted by molar-refractivity contribution is 5.92. The first-order valence-electron chi connectivity index (χ1n) is 7.16. The SMILES string of the molecule is O=C(NCC1CNCC1O)c1ccc(-c2ccc(F)cc2)o1. The van der Waals surface area contributed by atoms with Crippen LogP contribution in [0.1, 0.15) is 10.6 Å². The molecule has 1 amide bonds. The molecule has 1 fully saturated rings. The topological polar surface area (TPSA) is 74.5 Å². The van der Waals surface area contributed by atoms with Gasteiger partial charge in [-0.25, -0.2) is 4.39 Å². The van der Waals surface area contributed by atoms with E-state index in [2.05, 4.69) is 10.6 Å². The molecule has 0 radical (unpaired) electrons. The van der Waals surface area contributed by atoms with Gasteiger partial charge in [-0.15, -0.1) is 0 Å². The van der Waals surface area contributed by atoms with E-state index < -0.39 is 6.10 Å². The van der Waals surface area contributed by atoms with Gasteiger partial charge in [0.25, 0.3) is 5.91 Å². The number of hydrogen-bond donors (Lipinski definition) is 3. The Morgan fingerprint density at radius 1 is 1.27 bits per heavy atom. The molecule has 1 aromatic carbocycles. The maximum Gasteiger partial charge on any atom is 0.287 e.